The predicted octanol–water partition coefficient (Wildman–Crippen LogP) is 2.49. The molecule has 0 saturated heterocycles. The number of likely N-dealkylation sites (N-methyl/N-ethyl adjacent to an activating group) is 1. The summed E-state index contributed by atoms with van der Waals surface area (Å²) in [6.45, 7) is 5.33. The van der Waals surface area contributed by atoms with Crippen molar-refractivity contribution in [2.45, 2.75) is 13.3 Å². The average molecular weight is 422 g/mol. The number of furan rings is 1. The molecule has 0 fully saturated rings. The number of hydrogen-bond donors (Lipinski definition) is 2. The molecule has 0 bridgehead atoms. The van der Waals surface area contributed by atoms with Crippen molar-refractivity contribution in [1.82, 2.24) is 24.6 Å². The largest absolute Gasteiger partial charge is 0.461 e. The van der Waals surface area contributed by atoms with Gasteiger partial charge in [0.15, 0.2) is 5.76 Å². The van der Waals surface area contributed by atoms with Gasteiger partial charge in [-0.05, 0) is 43.2 Å². The van der Waals surface area contributed by atoms with Crippen LogP contribution < -0.4 is 16.0 Å². The van der Waals surface area contributed by atoms with Crippen molar-refractivity contribution in [3.63, 3.8) is 0 Å². The highest BCUT2D eigenvalue weighted by molar-refractivity contribution is 5.52. The van der Waals surface area contributed by atoms with Crippen LogP contribution in [-0.4, -0.2) is 57.9 Å². The Morgan fingerprint density at radius 3 is 2.71 bits per heavy atom. The second-order valence-corrected chi connectivity index (χ2v) is 6.95. The summed E-state index contributed by atoms with van der Waals surface area (Å²) in [5.41, 5.74) is 8.43. The van der Waals surface area contributed by atoms with E-state index in [0.717, 1.165) is 19.5 Å². The van der Waals surface area contributed by atoms with Crippen LogP contribution in [-0.2, 0) is 11.2 Å². The number of nitrogen functional groups attached to an aromatic ring is 1. The smallest absolute Gasteiger partial charge is 0.259 e. The summed E-state index contributed by atoms with van der Waals surface area (Å²) < 4.78 is 11.9. The quantitative estimate of drug-likeness (QED) is 0.397. The molecular weight excluding hydrogens is 396 g/mol. The normalized spacial score (nSPS) is 11.2. The van der Waals surface area contributed by atoms with E-state index in [9.17, 15) is 0 Å². The molecule has 3 aromatic heterocycles. The zero-order chi connectivity index (χ0) is 21.6. The van der Waals surface area contributed by atoms with Crippen molar-refractivity contribution in [3.8, 4) is 11.6 Å². The Morgan fingerprint density at radius 1 is 1.16 bits per heavy atom. The minimum absolute atomic E-state index is 0.206. The highest BCUT2D eigenvalue weighted by atomic mass is 16.5. The number of nitrogens with one attached hydrogen (secondary N) is 1. The predicted molar refractivity (Wildman–Crippen MR) is 119 cm³/mol. The van der Waals surface area contributed by atoms with E-state index >= 15 is 0 Å². The van der Waals surface area contributed by atoms with Gasteiger partial charge < -0.3 is 25.1 Å². The number of fused-ring (bicyclic) bond motifs is 1. The van der Waals surface area contributed by atoms with E-state index in [0.29, 0.717) is 36.5 Å². The van der Waals surface area contributed by atoms with Crippen LogP contribution in [0.25, 0.3) is 17.4 Å². The van der Waals surface area contributed by atoms with Crippen LogP contribution >= 0.6 is 0 Å². The topological polar surface area (TPSA) is 120 Å². The van der Waals surface area contributed by atoms with Crippen LogP contribution in [0.15, 0.2) is 47.1 Å². The van der Waals surface area contributed by atoms with Gasteiger partial charge in [0.05, 0.1) is 12.9 Å². The lowest BCUT2D eigenvalue weighted by atomic mass is 10.1. The Kier molecular flexibility index (Phi) is 6.27. The van der Waals surface area contributed by atoms with Gasteiger partial charge in [-0.1, -0.05) is 12.1 Å². The summed E-state index contributed by atoms with van der Waals surface area (Å²) in [5, 5.41) is 7.51. The van der Waals surface area contributed by atoms with E-state index < -0.39 is 0 Å². The monoisotopic (exact) mass is 422 g/mol. The van der Waals surface area contributed by atoms with Crippen LogP contribution in [0.4, 0.5) is 17.6 Å². The molecule has 10 heteroatoms. The van der Waals surface area contributed by atoms with Gasteiger partial charge in [-0.25, -0.2) is 0 Å². The molecule has 4 rings (SSSR count). The van der Waals surface area contributed by atoms with Crippen molar-refractivity contribution >= 4 is 23.4 Å². The van der Waals surface area contributed by atoms with Gasteiger partial charge in [0.2, 0.25) is 17.7 Å². The van der Waals surface area contributed by atoms with Gasteiger partial charge in [0.1, 0.15) is 0 Å². The molecule has 10 nitrogen and oxygen atoms in total. The molecule has 0 amide bonds. The number of methoxy groups -OCH3 is 1. The first kappa shape index (κ1) is 20.6. The number of hydrogen-bond acceptors (Lipinski definition) is 9. The standard InChI is InChI=1S/C21H26N8O2/c1-3-28(12-14-30-2)16-8-6-15(7-9-16)10-11-23-20-25-19(22)29-21(26-20)24-18(27-29)17-5-4-13-31-17/h4-9,13H,3,10-12,14H2,1-2H3,(H3,22,23,24,25,26,27). The lowest BCUT2D eigenvalue weighted by Crippen LogP contribution is -2.26. The van der Waals surface area contributed by atoms with Crippen LogP contribution in [0.5, 0.6) is 0 Å². The molecule has 0 radical (unpaired) electrons. The summed E-state index contributed by atoms with van der Waals surface area (Å²) >= 11 is 0. The lowest BCUT2D eigenvalue weighted by Gasteiger charge is -2.22. The van der Waals surface area contributed by atoms with E-state index in [1.165, 1.54) is 15.8 Å². The minimum Gasteiger partial charge on any atom is -0.461 e. The SMILES string of the molecule is CCN(CCOC)c1ccc(CCNc2nc(N)n3nc(-c4ccco4)nc3n2)cc1. The Labute approximate surface area is 180 Å². The zero-order valence-corrected chi connectivity index (χ0v) is 17.7. The van der Waals surface area contributed by atoms with Gasteiger partial charge in [-0.15, -0.1) is 5.10 Å². The van der Waals surface area contributed by atoms with E-state index in [2.05, 4.69) is 61.5 Å². The first-order valence-corrected chi connectivity index (χ1v) is 10.2. The number of rotatable bonds is 10. The molecule has 162 valence electrons. The number of benzene rings is 1. The maximum Gasteiger partial charge on any atom is 0.259 e. The van der Waals surface area contributed by atoms with E-state index in [4.69, 9.17) is 14.9 Å². The molecule has 0 unspecified atom stereocenters. The van der Waals surface area contributed by atoms with Gasteiger partial charge >= 0.3 is 0 Å². The number of anilines is 3. The zero-order valence-electron chi connectivity index (χ0n) is 17.7. The summed E-state index contributed by atoms with van der Waals surface area (Å²) in [7, 11) is 1.72. The number of nitrogens with two attached hydrogens (primary N) is 1. The molecule has 3 heterocycles. The average Bonchev–Trinajstić information content (AvgIpc) is 3.45. The first-order valence-electron chi connectivity index (χ1n) is 10.2. The van der Waals surface area contributed by atoms with Gasteiger partial charge in [-0.2, -0.15) is 19.5 Å². The molecule has 1 aromatic carbocycles. The maximum atomic E-state index is 6.02. The summed E-state index contributed by atoms with van der Waals surface area (Å²) in [5.74, 6) is 1.94. The van der Waals surface area contributed by atoms with Crippen LogP contribution in [0, 0.1) is 0 Å². The number of nitrogens with zero attached hydrogens (tertiary/aromatic N) is 6. The van der Waals surface area contributed by atoms with Crippen molar-refractivity contribution in [2.75, 3.05) is 49.3 Å². The fourth-order valence-corrected chi connectivity index (χ4v) is 3.26. The second kappa shape index (κ2) is 9.43. The van der Waals surface area contributed by atoms with Gasteiger partial charge in [0.25, 0.3) is 5.78 Å². The number of aromatic nitrogens is 5. The van der Waals surface area contributed by atoms with E-state index in [-0.39, 0.29) is 5.95 Å². The molecule has 0 saturated carbocycles. The molecule has 0 aliphatic rings. The Hall–Kier alpha value is -3.66. The molecule has 0 aliphatic carbocycles. The van der Waals surface area contributed by atoms with Crippen LogP contribution in [0.3, 0.4) is 0 Å². The van der Waals surface area contributed by atoms with Crippen molar-refractivity contribution in [2.24, 2.45) is 0 Å². The highest BCUT2D eigenvalue weighted by Gasteiger charge is 2.13. The lowest BCUT2D eigenvalue weighted by molar-refractivity contribution is 0.205. The first-order chi connectivity index (χ1) is 15.2. The second-order valence-electron chi connectivity index (χ2n) is 6.95. The Balaban J connectivity index is 1.38. The summed E-state index contributed by atoms with van der Waals surface area (Å²) in [6, 6.07) is 12.1. The van der Waals surface area contributed by atoms with Crippen LogP contribution in [0.1, 0.15) is 12.5 Å². The van der Waals surface area contributed by atoms with Crippen molar-refractivity contribution in [3.05, 3.63) is 48.2 Å². The van der Waals surface area contributed by atoms with Crippen molar-refractivity contribution < 1.29 is 9.15 Å². The fourth-order valence-electron chi connectivity index (χ4n) is 3.26. The van der Waals surface area contributed by atoms with Crippen LogP contribution in [0.2, 0.25) is 0 Å². The third-order valence-corrected chi connectivity index (χ3v) is 4.92. The summed E-state index contributed by atoms with van der Waals surface area (Å²) in [6.07, 6.45) is 2.39. The Morgan fingerprint density at radius 2 is 2.00 bits per heavy atom. The maximum absolute atomic E-state index is 6.02. The van der Waals surface area contributed by atoms with E-state index in [1.807, 2.05) is 0 Å². The van der Waals surface area contributed by atoms with Gasteiger partial charge in [0, 0.05) is 32.4 Å². The minimum atomic E-state index is 0.206. The summed E-state index contributed by atoms with van der Waals surface area (Å²) in [4.78, 5) is 15.3. The fraction of sp³-hybridized carbons (Fsp3) is 0.333. The number of ether oxygens (including phenoxy) is 1. The molecule has 0 aliphatic heterocycles. The molecule has 31 heavy (non-hydrogen) atoms. The molecular formula is C21H26N8O2. The third kappa shape index (κ3) is 4.75. The van der Waals surface area contributed by atoms with E-state index in [1.54, 1.807) is 25.5 Å². The molecule has 3 N–H and O–H groups in total. The van der Waals surface area contributed by atoms with Crippen molar-refractivity contribution in [1.29, 1.82) is 0 Å². The molecule has 0 atom stereocenters. The highest BCUT2D eigenvalue weighted by Crippen LogP contribution is 2.18. The Bertz CT molecular complexity index is 1110. The molecule has 0 spiro atoms. The molecule has 4 aromatic rings. The third-order valence-electron chi connectivity index (χ3n) is 4.92. The van der Waals surface area contributed by atoms with Gasteiger partial charge in [-0.3, -0.25) is 0 Å².